The van der Waals surface area contributed by atoms with Crippen molar-refractivity contribution in [3.8, 4) is 11.5 Å². The van der Waals surface area contributed by atoms with Crippen molar-refractivity contribution >= 4 is 24.2 Å². The lowest BCUT2D eigenvalue weighted by Crippen LogP contribution is -2.51. The van der Waals surface area contributed by atoms with Crippen LogP contribution in [-0.4, -0.2) is 62.5 Å². The number of nitrogens with two attached hydrogens (primary N) is 2. The molecule has 1 aromatic rings. The molecule has 9 nitrogen and oxygen atoms in total. The van der Waals surface area contributed by atoms with Gasteiger partial charge in [0.25, 0.3) is 0 Å². The number of ether oxygens (including phenoxy) is 3. The first kappa shape index (κ1) is 37.9. The predicted molar refractivity (Wildman–Crippen MR) is 162 cm³/mol. The van der Waals surface area contributed by atoms with Gasteiger partial charge in [0.15, 0.2) is 11.5 Å². The molecule has 10 heteroatoms. The number of aliphatic hydroxyl groups excluding tert-OH is 1. The van der Waals surface area contributed by atoms with Crippen molar-refractivity contribution in [1.29, 1.82) is 0 Å². The van der Waals surface area contributed by atoms with Crippen LogP contribution < -0.4 is 26.3 Å². The normalized spacial score (nSPS) is 15.2. The van der Waals surface area contributed by atoms with Gasteiger partial charge >= 0.3 is 0 Å². The molecule has 2 amide bonds. The molecule has 1 rings (SSSR count). The van der Waals surface area contributed by atoms with E-state index in [-0.39, 0.29) is 42.5 Å². The monoisotopic (exact) mass is 587 g/mol. The highest BCUT2D eigenvalue weighted by atomic mass is 35.5. The minimum absolute atomic E-state index is 0. The maximum absolute atomic E-state index is 13.0. The van der Waals surface area contributed by atoms with Gasteiger partial charge < -0.3 is 36.1 Å². The van der Waals surface area contributed by atoms with Crippen LogP contribution in [0.2, 0.25) is 0 Å². The smallest absolute Gasteiger partial charge is 0.240 e. The molecular formula is C30H54ClN3O6. The Labute approximate surface area is 247 Å². The SMILES string of the molecule is COCCCOc1cc(C[C@@H](C[C@H](N)[C@@H](O)C[C@H](C(=O)N[C@H](C(N)=O)C(C)C)C(C)C)C(C)C)ccc1OC.Cl. The van der Waals surface area contributed by atoms with E-state index >= 15 is 0 Å². The van der Waals surface area contributed by atoms with Crippen LogP contribution in [0.1, 0.15) is 66.4 Å². The van der Waals surface area contributed by atoms with E-state index in [1.54, 1.807) is 14.2 Å². The third kappa shape index (κ3) is 12.6. The Morgan fingerprint density at radius 2 is 1.60 bits per heavy atom. The van der Waals surface area contributed by atoms with Crippen LogP contribution >= 0.6 is 12.4 Å². The number of carbonyl (C=O) groups is 2. The van der Waals surface area contributed by atoms with Crippen LogP contribution in [0.15, 0.2) is 18.2 Å². The fourth-order valence-corrected chi connectivity index (χ4v) is 4.69. The Hall–Kier alpha value is -2.07. The zero-order chi connectivity index (χ0) is 29.7. The molecule has 0 bridgehead atoms. The molecule has 0 unspecified atom stereocenters. The van der Waals surface area contributed by atoms with Crippen LogP contribution in [0, 0.1) is 29.6 Å². The third-order valence-electron chi connectivity index (χ3n) is 7.40. The van der Waals surface area contributed by atoms with Gasteiger partial charge in [0, 0.05) is 32.1 Å². The number of halogens is 1. The first-order valence-electron chi connectivity index (χ1n) is 14.1. The lowest BCUT2D eigenvalue weighted by atomic mass is 9.80. The van der Waals surface area contributed by atoms with Crippen molar-refractivity contribution in [2.24, 2.45) is 41.1 Å². The van der Waals surface area contributed by atoms with E-state index in [4.69, 9.17) is 25.7 Å². The maximum atomic E-state index is 13.0. The summed E-state index contributed by atoms with van der Waals surface area (Å²) in [4.78, 5) is 24.8. The third-order valence-corrected chi connectivity index (χ3v) is 7.40. The van der Waals surface area contributed by atoms with E-state index in [0.717, 1.165) is 18.4 Å². The van der Waals surface area contributed by atoms with E-state index in [1.165, 1.54) is 0 Å². The molecule has 1 aromatic carbocycles. The van der Waals surface area contributed by atoms with Crippen molar-refractivity contribution in [2.75, 3.05) is 27.4 Å². The Morgan fingerprint density at radius 1 is 0.950 bits per heavy atom. The molecule has 0 aliphatic heterocycles. The van der Waals surface area contributed by atoms with Gasteiger partial charge in [-0.25, -0.2) is 0 Å². The van der Waals surface area contributed by atoms with E-state index in [0.29, 0.717) is 37.1 Å². The molecule has 0 aliphatic rings. The van der Waals surface area contributed by atoms with Gasteiger partial charge in [-0.05, 0) is 60.6 Å². The first-order chi connectivity index (χ1) is 18.3. The van der Waals surface area contributed by atoms with Crippen molar-refractivity contribution < 1.29 is 28.9 Å². The highest BCUT2D eigenvalue weighted by molar-refractivity contribution is 5.87. The summed E-state index contributed by atoms with van der Waals surface area (Å²) in [5.41, 5.74) is 13.1. The van der Waals surface area contributed by atoms with Gasteiger partial charge in [0.2, 0.25) is 11.8 Å². The summed E-state index contributed by atoms with van der Waals surface area (Å²) < 4.78 is 16.5. The molecule has 0 saturated heterocycles. The summed E-state index contributed by atoms with van der Waals surface area (Å²) in [5.74, 6) is 0.369. The first-order valence-corrected chi connectivity index (χ1v) is 14.1. The summed E-state index contributed by atoms with van der Waals surface area (Å²) in [7, 11) is 3.29. The largest absolute Gasteiger partial charge is 0.493 e. The Balaban J connectivity index is 0.0000152. The molecule has 40 heavy (non-hydrogen) atoms. The second-order valence-electron chi connectivity index (χ2n) is 11.6. The van der Waals surface area contributed by atoms with E-state index in [9.17, 15) is 14.7 Å². The van der Waals surface area contributed by atoms with Gasteiger partial charge in [-0.3, -0.25) is 9.59 Å². The van der Waals surface area contributed by atoms with Crippen molar-refractivity contribution in [3.63, 3.8) is 0 Å². The molecule has 0 aromatic heterocycles. The van der Waals surface area contributed by atoms with Crippen LogP contribution in [0.25, 0.3) is 0 Å². The summed E-state index contributed by atoms with van der Waals surface area (Å²) in [6.45, 7) is 13.0. The highest BCUT2D eigenvalue weighted by Crippen LogP contribution is 2.32. The van der Waals surface area contributed by atoms with Gasteiger partial charge in [-0.15, -0.1) is 12.4 Å². The van der Waals surface area contributed by atoms with Crippen LogP contribution in [0.5, 0.6) is 11.5 Å². The van der Waals surface area contributed by atoms with Crippen molar-refractivity contribution in [2.45, 2.75) is 85.4 Å². The van der Waals surface area contributed by atoms with Gasteiger partial charge in [-0.2, -0.15) is 0 Å². The van der Waals surface area contributed by atoms with E-state index in [1.807, 2.05) is 45.9 Å². The standard InChI is InChI=1S/C30H53N3O6.ClH/c1-18(2)22(14-21-10-11-26(38-8)27(15-21)39-13-9-12-37-7)16-24(31)25(34)17-23(19(3)4)30(36)33-28(20(5)6)29(32)35;/h10-11,15,18-20,22-25,28,34H,9,12-14,16-17,31H2,1-8H3,(H2,32,35)(H,33,36);1H/t22-,23-,24-,25-,28-;/m0./s1. The summed E-state index contributed by atoms with van der Waals surface area (Å²) in [6.07, 6.45) is 1.48. The Kier molecular flexibility index (Phi) is 18.1. The molecule has 0 fully saturated rings. The molecule has 6 N–H and O–H groups in total. The van der Waals surface area contributed by atoms with Crippen LogP contribution in [-0.2, 0) is 20.7 Å². The Morgan fingerprint density at radius 3 is 2.10 bits per heavy atom. The summed E-state index contributed by atoms with van der Waals surface area (Å²) in [6, 6.07) is 4.68. The summed E-state index contributed by atoms with van der Waals surface area (Å²) >= 11 is 0. The van der Waals surface area contributed by atoms with Gasteiger partial charge in [0.05, 0.1) is 19.8 Å². The minimum atomic E-state index is -0.869. The van der Waals surface area contributed by atoms with E-state index in [2.05, 4.69) is 19.2 Å². The number of benzene rings is 1. The molecule has 0 saturated carbocycles. The molecule has 0 aliphatic carbocycles. The quantitative estimate of drug-likeness (QED) is 0.180. The average molecular weight is 588 g/mol. The zero-order valence-electron chi connectivity index (χ0n) is 25.6. The second kappa shape index (κ2) is 19.1. The predicted octanol–water partition coefficient (Wildman–Crippen LogP) is 3.71. The fraction of sp³-hybridized carbons (Fsp3) is 0.733. The second-order valence-corrected chi connectivity index (χ2v) is 11.6. The number of carbonyl (C=O) groups excluding carboxylic acids is 2. The van der Waals surface area contributed by atoms with Crippen LogP contribution in [0.4, 0.5) is 0 Å². The summed E-state index contributed by atoms with van der Waals surface area (Å²) in [5, 5.41) is 13.8. The number of hydrogen-bond acceptors (Lipinski definition) is 7. The number of nitrogens with one attached hydrogen (secondary N) is 1. The number of hydrogen-bond donors (Lipinski definition) is 4. The molecule has 5 atom stereocenters. The lowest BCUT2D eigenvalue weighted by molar-refractivity contribution is -0.132. The number of primary amides is 1. The zero-order valence-corrected chi connectivity index (χ0v) is 26.5. The molecule has 0 heterocycles. The number of rotatable bonds is 19. The minimum Gasteiger partial charge on any atom is -0.493 e. The molecule has 0 spiro atoms. The molecule has 0 radical (unpaired) electrons. The number of amides is 2. The number of methoxy groups -OCH3 is 2. The van der Waals surface area contributed by atoms with Crippen molar-refractivity contribution in [3.05, 3.63) is 23.8 Å². The average Bonchev–Trinajstić information content (AvgIpc) is 2.86. The van der Waals surface area contributed by atoms with Gasteiger partial charge in [0.1, 0.15) is 6.04 Å². The maximum Gasteiger partial charge on any atom is 0.240 e. The highest BCUT2D eigenvalue weighted by Gasteiger charge is 2.32. The fourth-order valence-electron chi connectivity index (χ4n) is 4.69. The van der Waals surface area contributed by atoms with Crippen molar-refractivity contribution in [1.82, 2.24) is 5.32 Å². The van der Waals surface area contributed by atoms with Crippen LogP contribution in [0.3, 0.4) is 0 Å². The molecule has 232 valence electrons. The van der Waals surface area contributed by atoms with E-state index < -0.39 is 30.0 Å². The van der Waals surface area contributed by atoms with Gasteiger partial charge in [-0.1, -0.05) is 47.6 Å². The lowest BCUT2D eigenvalue weighted by Gasteiger charge is -2.31. The Bertz CT molecular complexity index is 883. The number of aliphatic hydroxyl groups is 1. The molecular weight excluding hydrogens is 534 g/mol. The topological polar surface area (TPSA) is 146 Å².